The summed E-state index contributed by atoms with van der Waals surface area (Å²) in [6.45, 7) is 7.37. The zero-order valence-electron chi connectivity index (χ0n) is 8.84. The molecule has 3 N–H and O–H groups in total. The van der Waals surface area contributed by atoms with E-state index < -0.39 is 16.8 Å². The van der Waals surface area contributed by atoms with Crippen molar-refractivity contribution in [2.75, 3.05) is 0 Å². The van der Waals surface area contributed by atoms with Gasteiger partial charge in [0, 0.05) is 0 Å². The quantitative estimate of drug-likeness (QED) is 0.516. The zero-order chi connectivity index (χ0) is 10.9. The Labute approximate surface area is 79.4 Å². The molecule has 0 aliphatic heterocycles. The van der Waals surface area contributed by atoms with Crippen LogP contribution in [0.4, 0.5) is 0 Å². The lowest BCUT2D eigenvalue weighted by molar-refractivity contribution is -0.0823. The minimum absolute atomic E-state index is 1.16. The van der Waals surface area contributed by atoms with Gasteiger partial charge in [0.25, 0.3) is 0 Å². The van der Waals surface area contributed by atoms with Crippen molar-refractivity contribution in [1.29, 1.82) is 0 Å². The highest BCUT2D eigenvalue weighted by Gasteiger charge is 2.36. The van der Waals surface area contributed by atoms with Crippen molar-refractivity contribution in [3.63, 3.8) is 0 Å². The van der Waals surface area contributed by atoms with Crippen LogP contribution in [0.5, 0.6) is 0 Å². The molecule has 0 saturated heterocycles. The summed E-state index contributed by atoms with van der Waals surface area (Å²) < 4.78 is 0. The average Bonchev–Trinajstić information content (AvgIpc) is 1.79. The smallest absolute Gasteiger partial charge is 0.150 e. The molecule has 13 heavy (non-hydrogen) atoms. The summed E-state index contributed by atoms with van der Waals surface area (Å²) in [6, 6.07) is 0. The molecule has 76 valence electrons. The fraction of sp³-hybridized carbons (Fsp3) is 0.800. The molecule has 1 unspecified atom stereocenters. The first-order chi connectivity index (χ1) is 5.46. The minimum atomic E-state index is -1.52. The van der Waals surface area contributed by atoms with E-state index in [4.69, 9.17) is 0 Å². The first-order valence-corrected chi connectivity index (χ1v) is 4.17. The van der Waals surface area contributed by atoms with Crippen molar-refractivity contribution in [3.05, 3.63) is 0 Å². The second-order valence-corrected chi connectivity index (χ2v) is 4.44. The van der Waals surface area contributed by atoms with Gasteiger partial charge < -0.3 is 15.3 Å². The summed E-state index contributed by atoms with van der Waals surface area (Å²) in [6.07, 6.45) is 0. The van der Waals surface area contributed by atoms with E-state index in [1.165, 1.54) is 34.6 Å². The van der Waals surface area contributed by atoms with Crippen LogP contribution in [0.3, 0.4) is 0 Å². The Morgan fingerprint density at radius 3 is 1.38 bits per heavy atom. The molecule has 0 aromatic heterocycles. The second kappa shape index (κ2) is 3.30. The molecule has 0 aliphatic carbocycles. The maximum atomic E-state index is 9.68. The molecule has 0 aromatic rings. The SMILES string of the molecule is CC(C)(O)C#CC(C)(O)C(C)(C)O. The van der Waals surface area contributed by atoms with Gasteiger partial charge in [-0.25, -0.2) is 0 Å². The predicted octanol–water partition coefficient (Wildman–Crippen LogP) is 0.283. The molecule has 0 bridgehead atoms. The molecular weight excluding hydrogens is 168 g/mol. The number of hydrogen-bond acceptors (Lipinski definition) is 3. The third kappa shape index (κ3) is 4.28. The number of rotatable bonds is 1. The van der Waals surface area contributed by atoms with E-state index in [9.17, 15) is 15.3 Å². The van der Waals surface area contributed by atoms with Gasteiger partial charge in [-0.3, -0.25) is 0 Å². The summed E-state index contributed by atoms with van der Waals surface area (Å²) in [5.74, 6) is 4.91. The Bertz CT molecular complexity index is 230. The molecule has 0 aromatic carbocycles. The van der Waals surface area contributed by atoms with Crippen LogP contribution in [-0.2, 0) is 0 Å². The van der Waals surface area contributed by atoms with Gasteiger partial charge in [-0.15, -0.1) is 0 Å². The Kier molecular flexibility index (Phi) is 3.16. The molecular formula is C10H18O3. The van der Waals surface area contributed by atoms with Crippen molar-refractivity contribution in [1.82, 2.24) is 0 Å². The Morgan fingerprint density at radius 2 is 1.15 bits per heavy atom. The third-order valence-corrected chi connectivity index (χ3v) is 1.80. The summed E-state index contributed by atoms with van der Waals surface area (Å²) in [5.41, 5.74) is -3.99. The first kappa shape index (κ1) is 12.4. The maximum absolute atomic E-state index is 9.68. The monoisotopic (exact) mass is 186 g/mol. The van der Waals surface area contributed by atoms with Gasteiger partial charge in [-0.1, -0.05) is 11.8 Å². The van der Waals surface area contributed by atoms with E-state index in [1.54, 1.807) is 0 Å². The summed E-state index contributed by atoms with van der Waals surface area (Å²) in [4.78, 5) is 0. The van der Waals surface area contributed by atoms with Crippen molar-refractivity contribution in [3.8, 4) is 11.8 Å². The van der Waals surface area contributed by atoms with Crippen LogP contribution in [0.15, 0.2) is 0 Å². The molecule has 0 fully saturated rings. The lowest BCUT2D eigenvalue weighted by Crippen LogP contribution is -2.46. The highest BCUT2D eigenvalue weighted by Crippen LogP contribution is 2.20. The minimum Gasteiger partial charge on any atom is -0.386 e. The fourth-order valence-corrected chi connectivity index (χ4v) is 0.428. The van der Waals surface area contributed by atoms with Crippen LogP contribution in [0.2, 0.25) is 0 Å². The molecule has 0 amide bonds. The molecule has 3 nitrogen and oxygen atoms in total. The predicted molar refractivity (Wildman–Crippen MR) is 51.0 cm³/mol. The topological polar surface area (TPSA) is 60.7 Å². The van der Waals surface area contributed by atoms with Gasteiger partial charge in [-0.2, -0.15) is 0 Å². The highest BCUT2D eigenvalue weighted by molar-refractivity contribution is 5.22. The molecule has 0 aliphatic rings. The lowest BCUT2D eigenvalue weighted by atomic mass is 9.88. The summed E-state index contributed by atoms with van der Waals surface area (Å²) >= 11 is 0. The average molecular weight is 186 g/mol. The maximum Gasteiger partial charge on any atom is 0.150 e. The summed E-state index contributed by atoms with van der Waals surface area (Å²) in [5, 5.41) is 28.5. The van der Waals surface area contributed by atoms with E-state index in [0.717, 1.165) is 0 Å². The van der Waals surface area contributed by atoms with Crippen LogP contribution in [-0.4, -0.2) is 32.1 Å². The van der Waals surface area contributed by atoms with Gasteiger partial charge in [0.1, 0.15) is 5.60 Å². The van der Waals surface area contributed by atoms with Gasteiger partial charge in [0.2, 0.25) is 0 Å². The zero-order valence-corrected chi connectivity index (χ0v) is 8.84. The van der Waals surface area contributed by atoms with Gasteiger partial charge in [-0.05, 0) is 34.6 Å². The largest absolute Gasteiger partial charge is 0.386 e. The van der Waals surface area contributed by atoms with Crippen molar-refractivity contribution in [2.24, 2.45) is 0 Å². The normalized spacial score (nSPS) is 17.2. The Morgan fingerprint density at radius 1 is 0.769 bits per heavy atom. The number of aliphatic hydroxyl groups is 3. The van der Waals surface area contributed by atoms with Crippen LogP contribution in [0.1, 0.15) is 34.6 Å². The molecule has 1 atom stereocenters. The molecule has 0 heterocycles. The van der Waals surface area contributed by atoms with Gasteiger partial charge in [0.15, 0.2) is 5.60 Å². The second-order valence-electron chi connectivity index (χ2n) is 4.44. The highest BCUT2D eigenvalue weighted by atomic mass is 16.3. The van der Waals surface area contributed by atoms with Crippen molar-refractivity contribution < 1.29 is 15.3 Å². The standard InChI is InChI=1S/C10H18O3/c1-8(2,11)6-7-10(5,13)9(3,4)12/h11-13H,1-5H3. The molecule has 3 heteroatoms. The fourth-order valence-electron chi connectivity index (χ4n) is 0.428. The van der Waals surface area contributed by atoms with Gasteiger partial charge in [0.05, 0.1) is 5.60 Å². The molecule has 0 rings (SSSR count). The van der Waals surface area contributed by atoms with E-state index >= 15 is 0 Å². The lowest BCUT2D eigenvalue weighted by Gasteiger charge is -2.30. The van der Waals surface area contributed by atoms with E-state index in [0.29, 0.717) is 0 Å². The van der Waals surface area contributed by atoms with Crippen molar-refractivity contribution >= 4 is 0 Å². The Balaban J connectivity index is 4.77. The van der Waals surface area contributed by atoms with Crippen LogP contribution < -0.4 is 0 Å². The third-order valence-electron chi connectivity index (χ3n) is 1.80. The summed E-state index contributed by atoms with van der Waals surface area (Å²) in [7, 11) is 0. The molecule has 0 saturated carbocycles. The van der Waals surface area contributed by atoms with Gasteiger partial charge >= 0.3 is 0 Å². The van der Waals surface area contributed by atoms with Crippen LogP contribution in [0.25, 0.3) is 0 Å². The molecule has 0 radical (unpaired) electrons. The number of hydrogen-bond donors (Lipinski definition) is 3. The van der Waals surface area contributed by atoms with Crippen LogP contribution >= 0.6 is 0 Å². The van der Waals surface area contributed by atoms with Crippen molar-refractivity contribution in [2.45, 2.75) is 51.4 Å². The van der Waals surface area contributed by atoms with E-state index in [1.807, 2.05) is 0 Å². The Hall–Kier alpha value is -0.560. The van der Waals surface area contributed by atoms with E-state index in [-0.39, 0.29) is 0 Å². The first-order valence-electron chi connectivity index (χ1n) is 4.17. The molecule has 0 spiro atoms. The van der Waals surface area contributed by atoms with Crippen LogP contribution in [0, 0.1) is 11.8 Å². The van der Waals surface area contributed by atoms with E-state index in [2.05, 4.69) is 11.8 Å².